The summed E-state index contributed by atoms with van der Waals surface area (Å²) < 4.78 is 20.6. The van der Waals surface area contributed by atoms with Gasteiger partial charge in [0.2, 0.25) is 0 Å². The van der Waals surface area contributed by atoms with Crippen molar-refractivity contribution in [1.82, 2.24) is 0 Å². The molecule has 1 rings (SSSR count). The van der Waals surface area contributed by atoms with E-state index in [9.17, 15) is 19.2 Å². The number of esters is 4. The molecule has 0 saturated carbocycles. The van der Waals surface area contributed by atoms with Crippen LogP contribution in [0.2, 0.25) is 0 Å². The maximum absolute atomic E-state index is 12.7. The van der Waals surface area contributed by atoms with Crippen LogP contribution in [0.3, 0.4) is 0 Å². The van der Waals surface area contributed by atoms with Gasteiger partial charge in [-0.1, -0.05) is 24.3 Å². The van der Waals surface area contributed by atoms with Crippen LogP contribution in [0.4, 0.5) is 0 Å². The SMILES string of the molecule is CCOC(=O)C1(C(=O)OCC)C/C=C/CC(C(=O)OCC)(C(=O)OCC)C/C=C/C1. The van der Waals surface area contributed by atoms with E-state index in [0.29, 0.717) is 0 Å². The summed E-state index contributed by atoms with van der Waals surface area (Å²) in [5, 5.41) is 0. The predicted molar refractivity (Wildman–Crippen MR) is 108 cm³/mol. The Morgan fingerprint density at radius 1 is 0.533 bits per heavy atom. The standard InChI is InChI=1S/C22H32O8/c1-5-27-17(23)21(18(24)28-6-2)13-9-11-15-22(16-12-10-14-21,19(25)29-7-3)20(26)30-8-4/h9-12H,5-8,13-16H2,1-4H3/b11-9+,12-10+. The van der Waals surface area contributed by atoms with E-state index in [4.69, 9.17) is 18.9 Å². The van der Waals surface area contributed by atoms with Crippen LogP contribution in [0.25, 0.3) is 0 Å². The zero-order chi connectivity index (χ0) is 22.6. The molecule has 1 aliphatic carbocycles. The van der Waals surface area contributed by atoms with Crippen molar-refractivity contribution in [2.24, 2.45) is 10.8 Å². The van der Waals surface area contributed by atoms with Crippen molar-refractivity contribution >= 4 is 23.9 Å². The third-order valence-corrected chi connectivity index (χ3v) is 4.86. The molecule has 8 nitrogen and oxygen atoms in total. The molecule has 0 spiro atoms. The van der Waals surface area contributed by atoms with Gasteiger partial charge < -0.3 is 18.9 Å². The van der Waals surface area contributed by atoms with Gasteiger partial charge in [0.25, 0.3) is 0 Å². The lowest BCUT2D eigenvalue weighted by atomic mass is 9.76. The number of carbonyl (C=O) groups excluding carboxylic acids is 4. The van der Waals surface area contributed by atoms with Gasteiger partial charge in [-0.05, 0) is 53.4 Å². The van der Waals surface area contributed by atoms with E-state index >= 15 is 0 Å². The minimum Gasteiger partial charge on any atom is -0.465 e. The number of ether oxygens (including phenoxy) is 4. The van der Waals surface area contributed by atoms with Gasteiger partial charge in [-0.15, -0.1) is 0 Å². The predicted octanol–water partition coefficient (Wildman–Crippen LogP) is 2.90. The number of allylic oxidation sites excluding steroid dienone is 4. The van der Waals surface area contributed by atoms with Crippen molar-refractivity contribution in [1.29, 1.82) is 0 Å². The molecule has 0 heterocycles. The zero-order valence-corrected chi connectivity index (χ0v) is 18.2. The van der Waals surface area contributed by atoms with Crippen molar-refractivity contribution in [2.75, 3.05) is 26.4 Å². The molecule has 0 bridgehead atoms. The fraction of sp³-hybridized carbons (Fsp3) is 0.636. The molecule has 0 aromatic heterocycles. The van der Waals surface area contributed by atoms with Crippen molar-refractivity contribution in [2.45, 2.75) is 53.4 Å². The fourth-order valence-electron chi connectivity index (χ4n) is 3.22. The first kappa shape index (κ1) is 25.4. The highest BCUT2D eigenvalue weighted by atomic mass is 16.6. The normalized spacial score (nSPS) is 19.6. The van der Waals surface area contributed by atoms with E-state index in [2.05, 4.69) is 0 Å². The molecule has 0 atom stereocenters. The molecule has 1 aliphatic rings. The molecule has 8 heteroatoms. The molecule has 0 unspecified atom stereocenters. The maximum Gasteiger partial charge on any atom is 0.324 e. The maximum atomic E-state index is 12.7. The van der Waals surface area contributed by atoms with Crippen LogP contribution in [-0.2, 0) is 38.1 Å². The van der Waals surface area contributed by atoms with Gasteiger partial charge in [-0.3, -0.25) is 19.2 Å². The highest BCUT2D eigenvalue weighted by molar-refractivity contribution is 6.01. The first-order valence-electron chi connectivity index (χ1n) is 10.3. The molecule has 0 fully saturated rings. The summed E-state index contributed by atoms with van der Waals surface area (Å²) in [4.78, 5) is 50.7. The average Bonchev–Trinajstić information content (AvgIpc) is 2.72. The molecule has 0 saturated heterocycles. The Labute approximate surface area is 177 Å². The molecule has 168 valence electrons. The Kier molecular flexibility index (Phi) is 10.3. The lowest BCUT2D eigenvalue weighted by Crippen LogP contribution is -2.43. The second-order valence-electron chi connectivity index (χ2n) is 6.81. The quantitative estimate of drug-likeness (QED) is 0.253. The van der Waals surface area contributed by atoms with Crippen LogP contribution in [0.1, 0.15) is 53.4 Å². The van der Waals surface area contributed by atoms with Crippen LogP contribution in [0.5, 0.6) is 0 Å². The van der Waals surface area contributed by atoms with E-state index in [0.717, 1.165) is 0 Å². The summed E-state index contributed by atoms with van der Waals surface area (Å²) in [5.74, 6) is -2.67. The van der Waals surface area contributed by atoms with Gasteiger partial charge in [0.05, 0.1) is 26.4 Å². The minimum absolute atomic E-state index is 0.0107. The highest BCUT2D eigenvalue weighted by Crippen LogP contribution is 2.37. The summed E-state index contributed by atoms with van der Waals surface area (Å²) >= 11 is 0. The number of hydrogen-bond acceptors (Lipinski definition) is 8. The first-order valence-corrected chi connectivity index (χ1v) is 10.3. The van der Waals surface area contributed by atoms with Crippen LogP contribution in [-0.4, -0.2) is 50.3 Å². The Hall–Kier alpha value is -2.64. The number of rotatable bonds is 8. The van der Waals surface area contributed by atoms with Crippen LogP contribution >= 0.6 is 0 Å². The smallest absolute Gasteiger partial charge is 0.324 e. The van der Waals surface area contributed by atoms with Gasteiger partial charge in [0.1, 0.15) is 0 Å². The average molecular weight is 424 g/mol. The topological polar surface area (TPSA) is 105 Å². The van der Waals surface area contributed by atoms with Crippen molar-refractivity contribution in [3.05, 3.63) is 24.3 Å². The second kappa shape index (κ2) is 12.1. The molecule has 0 aromatic rings. The Bertz CT molecular complexity index is 563. The van der Waals surface area contributed by atoms with E-state index in [1.165, 1.54) is 0 Å². The van der Waals surface area contributed by atoms with Gasteiger partial charge in [0, 0.05) is 0 Å². The van der Waals surface area contributed by atoms with Crippen molar-refractivity contribution < 1.29 is 38.1 Å². The van der Waals surface area contributed by atoms with Gasteiger partial charge in [-0.2, -0.15) is 0 Å². The summed E-state index contributed by atoms with van der Waals surface area (Å²) in [6.45, 7) is 7.16. The molecule has 0 N–H and O–H groups in total. The van der Waals surface area contributed by atoms with E-state index in [-0.39, 0.29) is 52.1 Å². The van der Waals surface area contributed by atoms with E-state index in [1.54, 1.807) is 52.0 Å². The first-order chi connectivity index (χ1) is 14.3. The Balaban J connectivity index is 3.31. The third-order valence-electron chi connectivity index (χ3n) is 4.86. The van der Waals surface area contributed by atoms with Crippen LogP contribution in [0.15, 0.2) is 24.3 Å². The van der Waals surface area contributed by atoms with Crippen LogP contribution < -0.4 is 0 Å². The fourth-order valence-corrected chi connectivity index (χ4v) is 3.22. The molecule has 30 heavy (non-hydrogen) atoms. The summed E-state index contributed by atoms with van der Waals surface area (Å²) in [5.41, 5.74) is -3.04. The van der Waals surface area contributed by atoms with Gasteiger partial charge in [-0.25, -0.2) is 0 Å². The summed E-state index contributed by atoms with van der Waals surface area (Å²) in [7, 11) is 0. The highest BCUT2D eigenvalue weighted by Gasteiger charge is 2.49. The monoisotopic (exact) mass is 424 g/mol. The van der Waals surface area contributed by atoms with E-state index < -0.39 is 34.7 Å². The summed E-state index contributed by atoms with van der Waals surface area (Å²) in [6.07, 6.45) is 6.43. The van der Waals surface area contributed by atoms with Crippen molar-refractivity contribution in [3.63, 3.8) is 0 Å². The molecule has 0 aliphatic heterocycles. The van der Waals surface area contributed by atoms with Crippen LogP contribution in [0, 0.1) is 10.8 Å². The molecule has 0 radical (unpaired) electrons. The Morgan fingerprint density at radius 3 is 0.900 bits per heavy atom. The van der Waals surface area contributed by atoms with Gasteiger partial charge >= 0.3 is 23.9 Å². The summed E-state index contributed by atoms with van der Waals surface area (Å²) in [6, 6.07) is 0. The van der Waals surface area contributed by atoms with E-state index in [1.807, 2.05) is 0 Å². The lowest BCUT2D eigenvalue weighted by molar-refractivity contribution is -0.174. The molecule has 0 aromatic carbocycles. The van der Waals surface area contributed by atoms with Crippen molar-refractivity contribution in [3.8, 4) is 0 Å². The molecule has 0 amide bonds. The molecular formula is C22H32O8. The largest absolute Gasteiger partial charge is 0.465 e. The second-order valence-corrected chi connectivity index (χ2v) is 6.81. The number of carbonyl (C=O) groups is 4. The number of hydrogen-bond donors (Lipinski definition) is 0. The molecular weight excluding hydrogens is 392 g/mol. The van der Waals surface area contributed by atoms with Gasteiger partial charge in [0.15, 0.2) is 10.8 Å². The minimum atomic E-state index is -1.52. The third kappa shape index (κ3) is 5.70. The lowest BCUT2D eigenvalue weighted by Gasteiger charge is -2.30. The Morgan fingerprint density at radius 2 is 0.733 bits per heavy atom. The zero-order valence-electron chi connectivity index (χ0n) is 18.2.